The summed E-state index contributed by atoms with van der Waals surface area (Å²) in [5, 5.41) is 16.7. The van der Waals surface area contributed by atoms with Crippen LogP contribution < -0.4 is 10.5 Å². The minimum absolute atomic E-state index is 0.0540. The lowest BCUT2D eigenvalue weighted by Crippen LogP contribution is -2.16. The second-order valence-electron chi connectivity index (χ2n) is 6.62. The molecule has 10 nitrogen and oxygen atoms in total. The van der Waals surface area contributed by atoms with Gasteiger partial charge >= 0.3 is 0 Å². The van der Waals surface area contributed by atoms with Crippen LogP contribution in [0.15, 0.2) is 81.5 Å². The molecule has 0 atom stereocenters. The number of sulfonamides is 1. The molecule has 33 heavy (non-hydrogen) atoms. The first kappa shape index (κ1) is 23.0. The number of thioether (sulfide) groups is 1. The monoisotopic (exact) mass is 545 g/mol. The average molecular weight is 546 g/mol. The molecule has 3 N–H and O–H groups in total. The van der Waals surface area contributed by atoms with E-state index in [-0.39, 0.29) is 10.6 Å². The summed E-state index contributed by atoms with van der Waals surface area (Å²) in [4.78, 5) is 21.4. The molecule has 0 saturated carbocycles. The molecular formula is C20H16BrN7O3S2. The third-order valence-corrected chi connectivity index (χ3v) is 6.71. The number of carbonyl (C=O) groups is 1. The van der Waals surface area contributed by atoms with E-state index in [0.717, 1.165) is 10.2 Å². The minimum atomic E-state index is -3.83. The summed E-state index contributed by atoms with van der Waals surface area (Å²) in [6.07, 6.45) is 3.27. The van der Waals surface area contributed by atoms with E-state index in [1.807, 2.05) is 24.3 Å². The summed E-state index contributed by atoms with van der Waals surface area (Å²) >= 11 is 4.74. The van der Waals surface area contributed by atoms with Gasteiger partial charge < -0.3 is 5.32 Å². The summed E-state index contributed by atoms with van der Waals surface area (Å²) in [6, 6.07) is 14.7. The van der Waals surface area contributed by atoms with Crippen molar-refractivity contribution < 1.29 is 13.2 Å². The van der Waals surface area contributed by atoms with Crippen molar-refractivity contribution in [3.05, 3.63) is 82.9 Å². The molecule has 0 fully saturated rings. The molecule has 0 aliphatic heterocycles. The smallest absolute Gasteiger partial charge is 0.278 e. The van der Waals surface area contributed by atoms with E-state index < -0.39 is 15.9 Å². The van der Waals surface area contributed by atoms with Gasteiger partial charge in [-0.05, 0) is 54.6 Å². The number of nitrogens with zero attached hydrogens (tertiary/aromatic N) is 5. The lowest BCUT2D eigenvalue weighted by molar-refractivity contribution is 0.102. The molecule has 0 saturated heterocycles. The van der Waals surface area contributed by atoms with Gasteiger partial charge in [0, 0.05) is 28.3 Å². The number of amides is 1. The van der Waals surface area contributed by atoms with Gasteiger partial charge in [-0.25, -0.2) is 28.2 Å². The molecule has 2 heterocycles. The van der Waals surface area contributed by atoms with Gasteiger partial charge in [0.25, 0.3) is 5.91 Å². The van der Waals surface area contributed by atoms with Gasteiger partial charge in [0.2, 0.25) is 10.0 Å². The second kappa shape index (κ2) is 9.79. The Labute approximate surface area is 201 Å². The van der Waals surface area contributed by atoms with Crippen molar-refractivity contribution in [2.75, 3.05) is 5.32 Å². The summed E-state index contributed by atoms with van der Waals surface area (Å²) in [6.45, 7) is 0. The summed E-state index contributed by atoms with van der Waals surface area (Å²) < 4.78 is 25.4. The van der Waals surface area contributed by atoms with Crippen LogP contribution in [0.25, 0.3) is 5.69 Å². The van der Waals surface area contributed by atoms with Crippen molar-refractivity contribution in [3.8, 4) is 5.69 Å². The van der Waals surface area contributed by atoms with Crippen molar-refractivity contribution in [1.29, 1.82) is 0 Å². The fourth-order valence-corrected chi connectivity index (χ4v) is 4.38. The molecular weight excluding hydrogens is 530 g/mol. The number of nitrogens with one attached hydrogen (secondary N) is 1. The lowest BCUT2D eigenvalue weighted by Gasteiger charge is -2.09. The highest BCUT2D eigenvalue weighted by atomic mass is 79.9. The number of hydrogen-bond donors (Lipinski definition) is 2. The third-order valence-electron chi connectivity index (χ3n) is 4.37. The van der Waals surface area contributed by atoms with Gasteiger partial charge in [-0.15, -0.1) is 5.10 Å². The van der Waals surface area contributed by atoms with E-state index in [4.69, 9.17) is 5.14 Å². The molecule has 0 spiro atoms. The van der Waals surface area contributed by atoms with E-state index in [1.54, 1.807) is 23.1 Å². The first-order valence-electron chi connectivity index (χ1n) is 9.36. The lowest BCUT2D eigenvalue weighted by atomic mass is 10.2. The molecule has 13 heteroatoms. The van der Waals surface area contributed by atoms with E-state index >= 15 is 0 Å². The summed E-state index contributed by atoms with van der Waals surface area (Å²) in [7, 11) is -3.83. The number of halogens is 1. The van der Waals surface area contributed by atoms with Crippen molar-refractivity contribution in [2.45, 2.75) is 15.8 Å². The zero-order valence-electron chi connectivity index (χ0n) is 16.8. The normalized spacial score (nSPS) is 11.3. The van der Waals surface area contributed by atoms with Crippen LogP contribution in [0.4, 0.5) is 5.69 Å². The molecule has 0 unspecified atom stereocenters. The molecule has 0 aliphatic rings. The number of primary sulfonamides is 1. The van der Waals surface area contributed by atoms with E-state index in [9.17, 15) is 13.2 Å². The number of anilines is 1. The molecule has 0 aliphatic carbocycles. The second-order valence-corrected chi connectivity index (χ2v) is 10.0. The molecule has 4 aromatic rings. The fourth-order valence-electron chi connectivity index (χ4n) is 2.81. The summed E-state index contributed by atoms with van der Waals surface area (Å²) in [5.74, 6) is -0.161. The topological polar surface area (TPSA) is 146 Å². The SMILES string of the molecule is NS(=O)(=O)c1ccc(NC(=O)c2nnn(-c3ccc(Br)cc3)c2CSc2ncccn2)cc1. The number of aromatic nitrogens is 5. The van der Waals surface area contributed by atoms with Crippen LogP contribution in [-0.2, 0) is 15.8 Å². The van der Waals surface area contributed by atoms with Gasteiger partial charge in [-0.3, -0.25) is 4.79 Å². The number of nitrogens with two attached hydrogens (primary N) is 1. The summed E-state index contributed by atoms with van der Waals surface area (Å²) in [5.41, 5.74) is 1.78. The molecule has 1 amide bonds. The molecule has 0 bridgehead atoms. The fraction of sp³-hybridized carbons (Fsp3) is 0.0500. The maximum absolute atomic E-state index is 13.0. The quantitative estimate of drug-likeness (QED) is 0.266. The van der Waals surface area contributed by atoms with Crippen LogP contribution in [-0.4, -0.2) is 39.3 Å². The average Bonchev–Trinajstić information content (AvgIpc) is 3.23. The third kappa shape index (κ3) is 5.63. The van der Waals surface area contributed by atoms with E-state index in [1.165, 1.54) is 36.0 Å². The largest absolute Gasteiger partial charge is 0.321 e. The maximum atomic E-state index is 13.0. The maximum Gasteiger partial charge on any atom is 0.278 e. The van der Waals surface area contributed by atoms with E-state index in [2.05, 4.69) is 41.5 Å². The highest BCUT2D eigenvalue weighted by Crippen LogP contribution is 2.24. The van der Waals surface area contributed by atoms with Gasteiger partial charge in [0.15, 0.2) is 10.9 Å². The standard InChI is InChI=1S/C20H16BrN7O3S2/c21-13-2-6-15(7-3-13)28-17(12-32-20-23-10-1-11-24-20)18(26-27-28)19(29)25-14-4-8-16(9-5-14)33(22,30)31/h1-11H,12H2,(H,25,29)(H2,22,30,31). The first-order chi connectivity index (χ1) is 15.8. The Morgan fingerprint density at radius 2 is 1.73 bits per heavy atom. The van der Waals surface area contributed by atoms with Crippen LogP contribution in [0.2, 0.25) is 0 Å². The predicted octanol–water partition coefficient (Wildman–Crippen LogP) is 3.01. The highest BCUT2D eigenvalue weighted by molar-refractivity contribution is 9.10. The Morgan fingerprint density at radius 1 is 1.06 bits per heavy atom. The number of rotatable bonds is 7. The number of hydrogen-bond acceptors (Lipinski definition) is 8. The molecule has 2 aromatic carbocycles. The molecule has 4 rings (SSSR count). The van der Waals surface area contributed by atoms with Crippen LogP contribution in [0.1, 0.15) is 16.2 Å². The van der Waals surface area contributed by atoms with Crippen LogP contribution in [0, 0.1) is 0 Å². The number of benzene rings is 2. The van der Waals surface area contributed by atoms with Crippen molar-refractivity contribution in [3.63, 3.8) is 0 Å². The van der Waals surface area contributed by atoms with Crippen LogP contribution in [0.5, 0.6) is 0 Å². The van der Waals surface area contributed by atoms with E-state index in [0.29, 0.717) is 22.3 Å². The molecule has 2 aromatic heterocycles. The Kier molecular flexibility index (Phi) is 6.83. The van der Waals surface area contributed by atoms with Gasteiger partial charge in [0.05, 0.1) is 16.3 Å². The van der Waals surface area contributed by atoms with Gasteiger partial charge in [-0.2, -0.15) is 0 Å². The van der Waals surface area contributed by atoms with Crippen molar-refractivity contribution in [1.82, 2.24) is 25.0 Å². The molecule has 168 valence electrons. The highest BCUT2D eigenvalue weighted by Gasteiger charge is 2.22. The first-order valence-corrected chi connectivity index (χ1v) is 12.7. The zero-order chi connectivity index (χ0) is 23.4. The van der Waals surface area contributed by atoms with Crippen molar-refractivity contribution in [2.24, 2.45) is 5.14 Å². The Morgan fingerprint density at radius 3 is 2.36 bits per heavy atom. The Balaban J connectivity index is 1.63. The van der Waals surface area contributed by atoms with Crippen LogP contribution in [0.3, 0.4) is 0 Å². The Hall–Kier alpha value is -3.13. The number of carbonyl (C=O) groups excluding carboxylic acids is 1. The van der Waals surface area contributed by atoms with Crippen LogP contribution >= 0.6 is 27.7 Å². The predicted molar refractivity (Wildman–Crippen MR) is 126 cm³/mol. The van der Waals surface area contributed by atoms with Gasteiger partial charge in [0.1, 0.15) is 0 Å². The van der Waals surface area contributed by atoms with Crippen molar-refractivity contribution >= 4 is 49.3 Å². The zero-order valence-corrected chi connectivity index (χ0v) is 20.0. The minimum Gasteiger partial charge on any atom is -0.321 e. The van der Waals surface area contributed by atoms with Gasteiger partial charge in [-0.1, -0.05) is 32.9 Å². The molecule has 0 radical (unpaired) electrons. The Bertz CT molecular complexity index is 1380.